The molecule has 1 amide bonds. The van der Waals surface area contributed by atoms with Gasteiger partial charge < -0.3 is 10.1 Å². The number of hydrogen-bond donors (Lipinski definition) is 1. The SMILES string of the molecule is CCOc1cncc(C2=CCC3C4CCC5CNC(=O)CCC5(C)C4CCC23C)c1. The number of carbonyl (C=O) groups excluding carboxylic acids is 1. The fourth-order valence-corrected chi connectivity index (χ4v) is 7.79. The quantitative estimate of drug-likeness (QED) is 0.744. The molecule has 4 aliphatic rings. The van der Waals surface area contributed by atoms with Gasteiger partial charge in [-0.1, -0.05) is 19.9 Å². The Bertz CT molecular complexity index is 864. The highest BCUT2D eigenvalue weighted by Crippen LogP contribution is 2.66. The number of nitrogens with zero attached hydrogens (tertiary/aromatic N) is 1. The van der Waals surface area contributed by atoms with E-state index >= 15 is 0 Å². The fraction of sp³-hybridized carbons (Fsp3) is 0.692. The number of carbonyl (C=O) groups is 1. The second-order valence-electron chi connectivity index (χ2n) is 10.6. The number of hydrogen-bond acceptors (Lipinski definition) is 3. The second-order valence-corrected chi connectivity index (χ2v) is 10.6. The lowest BCUT2D eigenvalue weighted by atomic mass is 9.46. The van der Waals surface area contributed by atoms with Crippen LogP contribution in [-0.2, 0) is 4.79 Å². The largest absolute Gasteiger partial charge is 0.492 e. The fourth-order valence-electron chi connectivity index (χ4n) is 7.79. The van der Waals surface area contributed by atoms with Crippen LogP contribution in [0.2, 0.25) is 0 Å². The highest BCUT2D eigenvalue weighted by atomic mass is 16.5. The molecular formula is C26H36N2O2. The Balaban J connectivity index is 1.42. The average Bonchev–Trinajstić information content (AvgIpc) is 3.01. The molecule has 3 fully saturated rings. The molecule has 3 aliphatic carbocycles. The molecule has 6 atom stereocenters. The molecular weight excluding hydrogens is 372 g/mol. The van der Waals surface area contributed by atoms with Crippen molar-refractivity contribution in [2.75, 3.05) is 13.2 Å². The zero-order valence-corrected chi connectivity index (χ0v) is 18.7. The van der Waals surface area contributed by atoms with Gasteiger partial charge in [0.2, 0.25) is 5.91 Å². The number of pyridine rings is 1. The summed E-state index contributed by atoms with van der Waals surface area (Å²) in [6.07, 6.45) is 14.4. The van der Waals surface area contributed by atoms with Crippen molar-refractivity contribution in [3.63, 3.8) is 0 Å². The highest BCUT2D eigenvalue weighted by molar-refractivity contribution is 5.76. The number of allylic oxidation sites excluding steroid dienone is 2. The highest BCUT2D eigenvalue weighted by Gasteiger charge is 2.58. The predicted octanol–water partition coefficient (Wildman–Crippen LogP) is 5.24. The van der Waals surface area contributed by atoms with E-state index in [0.717, 1.165) is 30.6 Å². The predicted molar refractivity (Wildman–Crippen MR) is 119 cm³/mol. The number of ether oxygens (including phenoxy) is 1. The third-order valence-corrected chi connectivity index (χ3v) is 9.42. The topological polar surface area (TPSA) is 51.2 Å². The van der Waals surface area contributed by atoms with Gasteiger partial charge in [-0.15, -0.1) is 0 Å². The Morgan fingerprint density at radius 3 is 2.87 bits per heavy atom. The summed E-state index contributed by atoms with van der Waals surface area (Å²) in [4.78, 5) is 16.6. The molecule has 1 aromatic rings. The van der Waals surface area contributed by atoms with Crippen molar-refractivity contribution in [2.45, 2.75) is 65.7 Å². The van der Waals surface area contributed by atoms with Crippen LogP contribution in [0.25, 0.3) is 5.57 Å². The van der Waals surface area contributed by atoms with Crippen molar-refractivity contribution in [1.29, 1.82) is 0 Å². The van der Waals surface area contributed by atoms with E-state index in [0.29, 0.717) is 30.3 Å². The molecule has 30 heavy (non-hydrogen) atoms. The number of rotatable bonds is 3. The minimum absolute atomic E-state index is 0.232. The normalized spacial score (nSPS) is 40.4. The monoisotopic (exact) mass is 408 g/mol. The minimum atomic E-state index is 0.232. The molecule has 0 aromatic carbocycles. The van der Waals surface area contributed by atoms with Gasteiger partial charge >= 0.3 is 0 Å². The lowest BCUT2D eigenvalue weighted by Gasteiger charge is -2.58. The molecule has 0 bridgehead atoms. The van der Waals surface area contributed by atoms with Crippen LogP contribution in [0.15, 0.2) is 24.5 Å². The molecule has 2 heterocycles. The molecule has 0 spiro atoms. The van der Waals surface area contributed by atoms with Crippen LogP contribution in [0.3, 0.4) is 0 Å². The molecule has 1 aromatic heterocycles. The molecule has 2 saturated carbocycles. The van der Waals surface area contributed by atoms with Crippen molar-refractivity contribution >= 4 is 11.5 Å². The van der Waals surface area contributed by atoms with Crippen LogP contribution in [0.4, 0.5) is 0 Å². The molecule has 6 unspecified atom stereocenters. The van der Waals surface area contributed by atoms with Crippen LogP contribution < -0.4 is 10.1 Å². The minimum Gasteiger partial charge on any atom is -0.492 e. The first-order valence-electron chi connectivity index (χ1n) is 12.0. The molecule has 4 heteroatoms. The van der Waals surface area contributed by atoms with Gasteiger partial charge in [0.1, 0.15) is 5.75 Å². The van der Waals surface area contributed by atoms with Gasteiger partial charge in [0.25, 0.3) is 0 Å². The molecule has 0 radical (unpaired) electrons. The van der Waals surface area contributed by atoms with Crippen molar-refractivity contribution in [1.82, 2.24) is 10.3 Å². The molecule has 1 saturated heterocycles. The Hall–Kier alpha value is -1.84. The Morgan fingerprint density at radius 1 is 1.17 bits per heavy atom. The number of nitrogens with one attached hydrogen (secondary N) is 1. The number of amides is 1. The molecule has 162 valence electrons. The van der Waals surface area contributed by atoms with Crippen LogP contribution in [-0.4, -0.2) is 24.0 Å². The first kappa shape index (κ1) is 20.1. The first-order chi connectivity index (χ1) is 14.5. The average molecular weight is 409 g/mol. The van der Waals surface area contributed by atoms with Crippen molar-refractivity contribution < 1.29 is 9.53 Å². The zero-order chi connectivity index (χ0) is 20.9. The van der Waals surface area contributed by atoms with E-state index in [1.54, 1.807) is 0 Å². The number of aromatic nitrogens is 1. The van der Waals surface area contributed by atoms with Gasteiger partial charge in [-0.3, -0.25) is 9.78 Å². The standard InChI is InChI=1S/C26H36N2O2/c1-4-30-19-13-17(14-27-16-19)21-7-8-22-20-6-5-18-15-28-24(29)10-12-25(18,2)23(20)9-11-26(21,22)3/h7,13-14,16,18,20,22-23H,4-6,8-12,15H2,1-3H3,(H,28,29). The van der Waals surface area contributed by atoms with Crippen molar-refractivity contribution in [2.24, 2.45) is 34.5 Å². The lowest BCUT2D eigenvalue weighted by molar-refractivity contribution is -0.121. The van der Waals surface area contributed by atoms with E-state index in [2.05, 4.69) is 36.3 Å². The van der Waals surface area contributed by atoms with Crippen LogP contribution >= 0.6 is 0 Å². The summed E-state index contributed by atoms with van der Waals surface area (Å²) in [5, 5.41) is 3.19. The first-order valence-corrected chi connectivity index (χ1v) is 12.0. The van der Waals surface area contributed by atoms with Gasteiger partial charge in [0.15, 0.2) is 0 Å². The Morgan fingerprint density at radius 2 is 2.03 bits per heavy atom. The van der Waals surface area contributed by atoms with Gasteiger partial charge in [-0.05, 0) is 97.2 Å². The summed E-state index contributed by atoms with van der Waals surface area (Å²) in [7, 11) is 0. The van der Waals surface area contributed by atoms with Crippen molar-refractivity contribution in [3.05, 3.63) is 30.1 Å². The Kier molecular flexibility index (Phi) is 4.95. The lowest BCUT2D eigenvalue weighted by Crippen LogP contribution is -2.52. The van der Waals surface area contributed by atoms with Crippen LogP contribution in [0.5, 0.6) is 5.75 Å². The van der Waals surface area contributed by atoms with E-state index in [-0.39, 0.29) is 11.3 Å². The summed E-state index contributed by atoms with van der Waals surface area (Å²) in [5.41, 5.74) is 3.27. The van der Waals surface area contributed by atoms with Crippen LogP contribution in [0.1, 0.15) is 71.3 Å². The van der Waals surface area contributed by atoms with E-state index in [1.807, 2.05) is 19.3 Å². The van der Waals surface area contributed by atoms with E-state index < -0.39 is 0 Å². The number of fused-ring (bicyclic) bond motifs is 5. The summed E-state index contributed by atoms with van der Waals surface area (Å²) in [6.45, 7) is 8.60. The molecule has 1 aliphatic heterocycles. The second kappa shape index (κ2) is 7.39. The zero-order valence-electron chi connectivity index (χ0n) is 18.7. The summed E-state index contributed by atoms with van der Waals surface area (Å²) < 4.78 is 5.73. The summed E-state index contributed by atoms with van der Waals surface area (Å²) >= 11 is 0. The van der Waals surface area contributed by atoms with Crippen molar-refractivity contribution in [3.8, 4) is 5.75 Å². The van der Waals surface area contributed by atoms with E-state index in [4.69, 9.17) is 4.74 Å². The Labute approximate surface area is 180 Å². The van der Waals surface area contributed by atoms with E-state index in [9.17, 15) is 4.79 Å². The van der Waals surface area contributed by atoms with Gasteiger partial charge in [-0.25, -0.2) is 0 Å². The van der Waals surface area contributed by atoms with Gasteiger partial charge in [0.05, 0.1) is 12.8 Å². The molecule has 5 rings (SSSR count). The van der Waals surface area contributed by atoms with Crippen LogP contribution in [0, 0.1) is 34.5 Å². The third kappa shape index (κ3) is 3.01. The third-order valence-electron chi connectivity index (χ3n) is 9.42. The molecule has 1 N–H and O–H groups in total. The van der Waals surface area contributed by atoms with Gasteiger partial charge in [-0.2, -0.15) is 0 Å². The maximum Gasteiger partial charge on any atom is 0.220 e. The van der Waals surface area contributed by atoms with Gasteiger partial charge in [0, 0.05) is 19.2 Å². The van der Waals surface area contributed by atoms with E-state index in [1.165, 1.54) is 43.2 Å². The maximum absolute atomic E-state index is 12.1. The summed E-state index contributed by atoms with van der Waals surface area (Å²) in [5.74, 6) is 4.02. The summed E-state index contributed by atoms with van der Waals surface area (Å²) in [6, 6.07) is 2.18. The smallest absolute Gasteiger partial charge is 0.220 e. The molecule has 4 nitrogen and oxygen atoms in total. The maximum atomic E-state index is 12.1.